The summed E-state index contributed by atoms with van der Waals surface area (Å²) in [7, 11) is 0. The smallest absolute Gasteiger partial charge is 0.228 e. The van der Waals surface area contributed by atoms with Crippen LogP contribution in [0.25, 0.3) is 0 Å². The van der Waals surface area contributed by atoms with Crippen LogP contribution in [-0.2, 0) is 11.2 Å². The van der Waals surface area contributed by atoms with Crippen molar-refractivity contribution < 1.29 is 14.3 Å². The zero-order valence-corrected chi connectivity index (χ0v) is 12.8. The number of amides is 1. The van der Waals surface area contributed by atoms with Crippen LogP contribution in [0.2, 0.25) is 0 Å². The summed E-state index contributed by atoms with van der Waals surface area (Å²) in [5.41, 5.74) is 2.00. The largest absolute Gasteiger partial charge is 0.492 e. The molecule has 1 N–H and O–H groups in total. The number of ether oxygens (including phenoxy) is 1. The Bertz CT molecular complexity index is 665. The molecule has 114 valence electrons. The van der Waals surface area contributed by atoms with Crippen LogP contribution in [0.1, 0.15) is 29.8 Å². The predicted molar refractivity (Wildman–Crippen MR) is 86.4 cm³/mol. The van der Waals surface area contributed by atoms with Crippen molar-refractivity contribution in [3.05, 3.63) is 59.7 Å². The Morgan fingerprint density at radius 3 is 2.45 bits per heavy atom. The number of benzene rings is 2. The molecule has 0 aliphatic rings. The van der Waals surface area contributed by atoms with Crippen molar-refractivity contribution in [3.8, 4) is 5.75 Å². The zero-order valence-electron chi connectivity index (χ0n) is 12.8. The molecular formula is C18H19NO3. The molecule has 2 aromatic carbocycles. The number of nitrogens with one attached hydrogen (secondary N) is 1. The van der Waals surface area contributed by atoms with Gasteiger partial charge in [-0.15, -0.1) is 0 Å². The molecule has 4 heteroatoms. The van der Waals surface area contributed by atoms with E-state index in [2.05, 4.69) is 5.32 Å². The topological polar surface area (TPSA) is 55.4 Å². The van der Waals surface area contributed by atoms with Gasteiger partial charge in [0, 0.05) is 5.56 Å². The molecule has 0 aliphatic heterocycles. The molecule has 2 rings (SSSR count). The van der Waals surface area contributed by atoms with Gasteiger partial charge in [-0.3, -0.25) is 9.59 Å². The summed E-state index contributed by atoms with van der Waals surface area (Å²) in [4.78, 5) is 23.7. The first-order chi connectivity index (χ1) is 10.6. The van der Waals surface area contributed by atoms with Gasteiger partial charge >= 0.3 is 0 Å². The third kappa shape index (κ3) is 4.19. The molecule has 0 fully saturated rings. The van der Waals surface area contributed by atoms with Crippen LogP contribution in [0.4, 0.5) is 5.69 Å². The second-order valence-electron chi connectivity index (χ2n) is 4.91. The van der Waals surface area contributed by atoms with Crippen LogP contribution in [0, 0.1) is 0 Å². The summed E-state index contributed by atoms with van der Waals surface area (Å²) in [6.45, 7) is 3.85. The van der Waals surface area contributed by atoms with Crippen LogP contribution in [0.5, 0.6) is 5.75 Å². The van der Waals surface area contributed by atoms with E-state index in [4.69, 9.17) is 4.74 Å². The van der Waals surface area contributed by atoms with Crippen molar-refractivity contribution in [1.82, 2.24) is 0 Å². The molecule has 2 aromatic rings. The Hall–Kier alpha value is -2.62. The fourth-order valence-electron chi connectivity index (χ4n) is 2.10. The van der Waals surface area contributed by atoms with Crippen LogP contribution < -0.4 is 10.1 Å². The fraction of sp³-hybridized carbons (Fsp3) is 0.222. The molecule has 4 nitrogen and oxygen atoms in total. The highest BCUT2D eigenvalue weighted by Crippen LogP contribution is 2.26. The van der Waals surface area contributed by atoms with E-state index >= 15 is 0 Å². The van der Waals surface area contributed by atoms with Crippen molar-refractivity contribution in [3.63, 3.8) is 0 Å². The number of hydrogen-bond acceptors (Lipinski definition) is 3. The van der Waals surface area contributed by atoms with Gasteiger partial charge in [-0.05, 0) is 37.6 Å². The van der Waals surface area contributed by atoms with Crippen LogP contribution in [0.15, 0.2) is 48.5 Å². The number of ketones is 1. The number of carbonyl (C=O) groups excluding carboxylic acids is 2. The van der Waals surface area contributed by atoms with Crippen molar-refractivity contribution in [1.29, 1.82) is 0 Å². The number of Topliss-reactive ketones (excluding diaryl/α,β-unsaturated/α-hetero) is 1. The highest BCUT2D eigenvalue weighted by Gasteiger charge is 2.11. The summed E-state index contributed by atoms with van der Waals surface area (Å²) >= 11 is 0. The molecule has 0 spiro atoms. The van der Waals surface area contributed by atoms with Crippen molar-refractivity contribution in [2.75, 3.05) is 11.9 Å². The normalized spacial score (nSPS) is 10.1. The van der Waals surface area contributed by atoms with Gasteiger partial charge in [0.25, 0.3) is 0 Å². The van der Waals surface area contributed by atoms with Gasteiger partial charge in [-0.1, -0.05) is 30.3 Å². The molecule has 0 atom stereocenters. The lowest BCUT2D eigenvalue weighted by Gasteiger charge is -2.12. The molecule has 22 heavy (non-hydrogen) atoms. The lowest BCUT2D eigenvalue weighted by molar-refractivity contribution is -0.115. The molecule has 0 aromatic heterocycles. The zero-order chi connectivity index (χ0) is 15.9. The second kappa shape index (κ2) is 7.41. The fourth-order valence-corrected chi connectivity index (χ4v) is 2.10. The first-order valence-electron chi connectivity index (χ1n) is 7.21. The van der Waals surface area contributed by atoms with E-state index in [1.807, 2.05) is 37.3 Å². The number of carbonyl (C=O) groups is 2. The predicted octanol–water partition coefficient (Wildman–Crippen LogP) is 3.47. The minimum atomic E-state index is -0.146. The second-order valence-corrected chi connectivity index (χ2v) is 4.91. The van der Waals surface area contributed by atoms with Crippen molar-refractivity contribution in [2.45, 2.75) is 20.3 Å². The van der Waals surface area contributed by atoms with Gasteiger partial charge in [0.2, 0.25) is 5.91 Å². The van der Waals surface area contributed by atoms with E-state index in [9.17, 15) is 9.59 Å². The van der Waals surface area contributed by atoms with E-state index in [-0.39, 0.29) is 18.1 Å². The van der Waals surface area contributed by atoms with Gasteiger partial charge in [-0.2, -0.15) is 0 Å². The molecule has 0 bridgehead atoms. The lowest BCUT2D eigenvalue weighted by Crippen LogP contribution is -2.15. The van der Waals surface area contributed by atoms with Gasteiger partial charge in [0.1, 0.15) is 5.75 Å². The summed E-state index contributed by atoms with van der Waals surface area (Å²) in [5, 5.41) is 2.82. The van der Waals surface area contributed by atoms with E-state index < -0.39 is 0 Å². The maximum absolute atomic E-state index is 12.2. The van der Waals surface area contributed by atoms with Gasteiger partial charge in [0.15, 0.2) is 5.78 Å². The SMILES string of the molecule is CCOc1ccc(C(C)=O)cc1NC(=O)Cc1ccccc1. The molecule has 0 aliphatic carbocycles. The summed E-state index contributed by atoms with van der Waals surface area (Å²) in [6.07, 6.45) is 0.275. The Balaban J connectivity index is 2.17. The molecule has 0 heterocycles. The standard InChI is InChI=1S/C18H19NO3/c1-3-22-17-10-9-15(13(2)20)12-16(17)19-18(21)11-14-7-5-4-6-8-14/h4-10,12H,3,11H2,1-2H3,(H,19,21). The van der Waals surface area contributed by atoms with Gasteiger partial charge in [-0.25, -0.2) is 0 Å². The highest BCUT2D eigenvalue weighted by molar-refractivity contribution is 5.98. The first-order valence-corrected chi connectivity index (χ1v) is 7.21. The van der Waals surface area contributed by atoms with Crippen molar-refractivity contribution in [2.24, 2.45) is 0 Å². The maximum atomic E-state index is 12.2. The molecule has 1 amide bonds. The molecule has 0 radical (unpaired) electrons. The van der Waals surface area contributed by atoms with Gasteiger partial charge in [0.05, 0.1) is 18.7 Å². The van der Waals surface area contributed by atoms with Crippen LogP contribution in [-0.4, -0.2) is 18.3 Å². The Morgan fingerprint density at radius 2 is 1.82 bits per heavy atom. The van der Waals surface area contributed by atoms with E-state index in [1.54, 1.807) is 18.2 Å². The quantitative estimate of drug-likeness (QED) is 0.831. The molecule has 0 unspecified atom stereocenters. The number of rotatable bonds is 6. The lowest BCUT2D eigenvalue weighted by atomic mass is 10.1. The number of hydrogen-bond donors (Lipinski definition) is 1. The van der Waals surface area contributed by atoms with E-state index in [0.29, 0.717) is 23.6 Å². The number of anilines is 1. The molecule has 0 saturated heterocycles. The Labute approximate surface area is 130 Å². The average molecular weight is 297 g/mol. The first kappa shape index (κ1) is 15.8. The van der Waals surface area contributed by atoms with Crippen molar-refractivity contribution >= 4 is 17.4 Å². The van der Waals surface area contributed by atoms with E-state index in [0.717, 1.165) is 5.56 Å². The summed E-state index contributed by atoms with van der Waals surface area (Å²) in [6, 6.07) is 14.5. The third-order valence-corrected chi connectivity index (χ3v) is 3.17. The minimum absolute atomic E-state index is 0.0541. The van der Waals surface area contributed by atoms with E-state index in [1.165, 1.54) is 6.92 Å². The molecular weight excluding hydrogens is 278 g/mol. The van der Waals surface area contributed by atoms with Gasteiger partial charge < -0.3 is 10.1 Å². The highest BCUT2D eigenvalue weighted by atomic mass is 16.5. The summed E-state index contributed by atoms with van der Waals surface area (Å²) < 4.78 is 5.50. The third-order valence-electron chi connectivity index (χ3n) is 3.17. The average Bonchev–Trinajstić information content (AvgIpc) is 2.50. The monoisotopic (exact) mass is 297 g/mol. The minimum Gasteiger partial charge on any atom is -0.492 e. The molecule has 0 saturated carbocycles. The Kier molecular flexibility index (Phi) is 5.31. The summed E-state index contributed by atoms with van der Waals surface area (Å²) in [5.74, 6) is 0.364. The van der Waals surface area contributed by atoms with Crippen LogP contribution >= 0.6 is 0 Å². The van der Waals surface area contributed by atoms with Crippen LogP contribution in [0.3, 0.4) is 0 Å². The maximum Gasteiger partial charge on any atom is 0.228 e. The Morgan fingerprint density at radius 1 is 1.09 bits per heavy atom.